The fourth-order valence-electron chi connectivity index (χ4n) is 1.45. The first kappa shape index (κ1) is 8.47. The Morgan fingerprint density at radius 2 is 2.45 bits per heavy atom. The molecule has 0 unspecified atom stereocenters. The van der Waals surface area contributed by atoms with Gasteiger partial charge in [0.25, 0.3) is 0 Å². The van der Waals surface area contributed by atoms with Gasteiger partial charge in [0.15, 0.2) is 0 Å². The molecule has 2 atom stereocenters. The lowest BCUT2D eigenvalue weighted by Gasteiger charge is -2.32. The van der Waals surface area contributed by atoms with Crippen molar-refractivity contribution in [3.8, 4) is 0 Å². The number of carbonyl (C=O) groups is 1. The average Bonchev–Trinajstić information content (AvgIpc) is 2.05. The predicted octanol–water partition coefficient (Wildman–Crippen LogP) is 1.56. The van der Waals surface area contributed by atoms with E-state index in [1.807, 2.05) is 13.0 Å². The highest BCUT2D eigenvalue weighted by Crippen LogP contribution is 2.31. The highest BCUT2D eigenvalue weighted by atomic mass is 16.5. The summed E-state index contributed by atoms with van der Waals surface area (Å²) in [5, 5.41) is 0. The van der Waals surface area contributed by atoms with Crippen LogP contribution in [0, 0.1) is 5.41 Å². The van der Waals surface area contributed by atoms with E-state index in [-0.39, 0.29) is 11.5 Å². The van der Waals surface area contributed by atoms with Gasteiger partial charge in [-0.25, -0.2) is 0 Å². The van der Waals surface area contributed by atoms with Gasteiger partial charge in [0, 0.05) is 7.11 Å². The van der Waals surface area contributed by atoms with Crippen LogP contribution in [-0.2, 0) is 9.53 Å². The fraction of sp³-hybridized carbons (Fsp3) is 0.667. The van der Waals surface area contributed by atoms with Gasteiger partial charge in [0.2, 0.25) is 0 Å². The quantitative estimate of drug-likeness (QED) is 0.445. The second kappa shape index (κ2) is 3.18. The largest absolute Gasteiger partial charge is 0.376 e. The highest BCUT2D eigenvalue weighted by molar-refractivity contribution is 5.61. The molecule has 1 aliphatic carbocycles. The first-order valence-electron chi connectivity index (χ1n) is 3.89. The Morgan fingerprint density at radius 1 is 1.73 bits per heavy atom. The maximum atomic E-state index is 10.7. The lowest BCUT2D eigenvalue weighted by molar-refractivity contribution is -0.121. The number of ether oxygens (including phenoxy) is 1. The molecule has 1 aliphatic rings. The molecule has 62 valence electrons. The van der Waals surface area contributed by atoms with Crippen LogP contribution < -0.4 is 0 Å². The predicted molar refractivity (Wildman–Crippen MR) is 43.3 cm³/mol. The minimum Gasteiger partial charge on any atom is -0.376 e. The maximum absolute atomic E-state index is 10.7. The summed E-state index contributed by atoms with van der Waals surface area (Å²) < 4.78 is 5.18. The lowest BCUT2D eigenvalue weighted by Crippen LogP contribution is -2.35. The Hall–Kier alpha value is -0.630. The summed E-state index contributed by atoms with van der Waals surface area (Å²) in [4.78, 5) is 10.7. The van der Waals surface area contributed by atoms with Gasteiger partial charge in [-0.2, -0.15) is 0 Å². The third-order valence-electron chi connectivity index (χ3n) is 2.33. The summed E-state index contributed by atoms with van der Waals surface area (Å²) in [5.41, 5.74) is -0.302. The first-order chi connectivity index (χ1) is 5.23. The summed E-state index contributed by atoms with van der Waals surface area (Å²) in [6.07, 6.45) is 6.89. The lowest BCUT2D eigenvalue weighted by atomic mass is 9.78. The minimum absolute atomic E-state index is 0.0336. The van der Waals surface area contributed by atoms with E-state index in [0.717, 1.165) is 19.1 Å². The van der Waals surface area contributed by atoms with Gasteiger partial charge in [0.1, 0.15) is 6.29 Å². The normalized spacial score (nSPS) is 37.1. The van der Waals surface area contributed by atoms with E-state index < -0.39 is 0 Å². The standard InChI is InChI=1S/C9H14O2/c1-9(7-10)6-4-3-5-8(9)11-2/h3,5,7-8H,4,6H2,1-2H3/t8-,9+/m1/s1. The minimum atomic E-state index is -0.302. The van der Waals surface area contributed by atoms with Crippen LogP contribution in [0.1, 0.15) is 19.8 Å². The molecule has 0 radical (unpaired) electrons. The Labute approximate surface area is 67.2 Å². The van der Waals surface area contributed by atoms with Crippen molar-refractivity contribution in [2.24, 2.45) is 5.41 Å². The first-order valence-corrected chi connectivity index (χ1v) is 3.89. The molecule has 0 aromatic carbocycles. The molecule has 0 spiro atoms. The van der Waals surface area contributed by atoms with Crippen molar-refractivity contribution in [3.05, 3.63) is 12.2 Å². The summed E-state index contributed by atoms with van der Waals surface area (Å²) in [6.45, 7) is 1.94. The second-order valence-electron chi connectivity index (χ2n) is 3.25. The molecule has 2 nitrogen and oxygen atoms in total. The van der Waals surface area contributed by atoms with Crippen molar-refractivity contribution < 1.29 is 9.53 Å². The van der Waals surface area contributed by atoms with Gasteiger partial charge in [-0.1, -0.05) is 19.1 Å². The molecular weight excluding hydrogens is 140 g/mol. The fourth-order valence-corrected chi connectivity index (χ4v) is 1.45. The molecule has 2 heteroatoms. The third-order valence-corrected chi connectivity index (χ3v) is 2.33. The van der Waals surface area contributed by atoms with Gasteiger partial charge in [-0.05, 0) is 12.8 Å². The molecule has 0 aromatic heterocycles. The van der Waals surface area contributed by atoms with Gasteiger partial charge in [0.05, 0.1) is 11.5 Å². The van der Waals surface area contributed by atoms with Crippen molar-refractivity contribution in [1.82, 2.24) is 0 Å². The van der Waals surface area contributed by atoms with Crippen LogP contribution in [0.2, 0.25) is 0 Å². The van der Waals surface area contributed by atoms with Gasteiger partial charge in [-0.15, -0.1) is 0 Å². The van der Waals surface area contributed by atoms with Crippen LogP contribution in [0.3, 0.4) is 0 Å². The highest BCUT2D eigenvalue weighted by Gasteiger charge is 2.33. The Morgan fingerprint density at radius 3 is 2.91 bits per heavy atom. The molecule has 0 aliphatic heterocycles. The van der Waals surface area contributed by atoms with Crippen LogP contribution in [0.5, 0.6) is 0 Å². The molecule has 0 saturated carbocycles. The summed E-state index contributed by atoms with van der Waals surface area (Å²) in [5.74, 6) is 0. The topological polar surface area (TPSA) is 26.3 Å². The molecular formula is C9H14O2. The van der Waals surface area contributed by atoms with Crippen LogP contribution in [0.15, 0.2) is 12.2 Å². The summed E-state index contributed by atoms with van der Waals surface area (Å²) >= 11 is 0. The molecule has 1 rings (SSSR count). The number of carbonyl (C=O) groups excluding carboxylic acids is 1. The second-order valence-corrected chi connectivity index (χ2v) is 3.25. The smallest absolute Gasteiger partial charge is 0.128 e. The van der Waals surface area contributed by atoms with E-state index in [0.29, 0.717) is 0 Å². The summed E-state index contributed by atoms with van der Waals surface area (Å²) in [7, 11) is 1.64. The number of hydrogen-bond donors (Lipinski definition) is 0. The van der Waals surface area contributed by atoms with E-state index in [1.165, 1.54) is 0 Å². The van der Waals surface area contributed by atoms with Crippen molar-refractivity contribution in [1.29, 1.82) is 0 Å². The van der Waals surface area contributed by atoms with E-state index in [9.17, 15) is 4.79 Å². The average molecular weight is 154 g/mol. The van der Waals surface area contributed by atoms with Crippen molar-refractivity contribution in [2.75, 3.05) is 7.11 Å². The number of allylic oxidation sites excluding steroid dienone is 1. The van der Waals surface area contributed by atoms with Gasteiger partial charge in [-0.3, -0.25) is 0 Å². The molecule has 0 fully saturated rings. The maximum Gasteiger partial charge on any atom is 0.128 e. The summed E-state index contributed by atoms with van der Waals surface area (Å²) in [6, 6.07) is 0. The number of aldehydes is 1. The van der Waals surface area contributed by atoms with Crippen molar-refractivity contribution in [2.45, 2.75) is 25.9 Å². The Kier molecular flexibility index (Phi) is 2.45. The third kappa shape index (κ3) is 1.51. The monoisotopic (exact) mass is 154 g/mol. The Balaban J connectivity index is 2.77. The van der Waals surface area contributed by atoms with E-state index in [2.05, 4.69) is 6.08 Å². The SMILES string of the molecule is CO[C@@H]1C=CCC[C@@]1(C)C=O. The van der Waals surface area contributed by atoms with E-state index >= 15 is 0 Å². The molecule has 11 heavy (non-hydrogen) atoms. The van der Waals surface area contributed by atoms with E-state index in [1.54, 1.807) is 7.11 Å². The Bertz CT molecular complexity index is 174. The molecule has 0 amide bonds. The van der Waals surface area contributed by atoms with Crippen molar-refractivity contribution >= 4 is 6.29 Å². The zero-order chi connectivity index (χ0) is 8.32. The number of rotatable bonds is 2. The van der Waals surface area contributed by atoms with Crippen LogP contribution in [-0.4, -0.2) is 19.5 Å². The van der Waals surface area contributed by atoms with Crippen LogP contribution >= 0.6 is 0 Å². The van der Waals surface area contributed by atoms with E-state index in [4.69, 9.17) is 4.74 Å². The molecule has 0 N–H and O–H groups in total. The van der Waals surface area contributed by atoms with Crippen molar-refractivity contribution in [3.63, 3.8) is 0 Å². The zero-order valence-electron chi connectivity index (χ0n) is 7.04. The van der Waals surface area contributed by atoms with Crippen LogP contribution in [0.4, 0.5) is 0 Å². The molecule has 0 heterocycles. The van der Waals surface area contributed by atoms with Gasteiger partial charge < -0.3 is 9.53 Å². The molecule has 0 bridgehead atoms. The van der Waals surface area contributed by atoms with Gasteiger partial charge >= 0.3 is 0 Å². The number of hydrogen-bond acceptors (Lipinski definition) is 2. The van der Waals surface area contributed by atoms with Crippen LogP contribution in [0.25, 0.3) is 0 Å². The number of methoxy groups -OCH3 is 1. The molecule has 0 saturated heterocycles. The zero-order valence-corrected chi connectivity index (χ0v) is 7.04. The molecule has 0 aromatic rings.